The monoisotopic (exact) mass is 372 g/mol. The molecule has 0 aliphatic heterocycles. The fourth-order valence-electron chi connectivity index (χ4n) is 3.68. The molecule has 0 spiro atoms. The fraction of sp³-hybridized carbons (Fsp3) is 0.174. The first kappa shape index (κ1) is 19.3. The molecule has 0 saturated heterocycles. The van der Waals surface area contributed by atoms with Crippen molar-refractivity contribution in [3.63, 3.8) is 0 Å². The van der Waals surface area contributed by atoms with Crippen molar-refractivity contribution in [2.75, 3.05) is 0 Å². The quantitative estimate of drug-likeness (QED) is 0.282. The molecule has 5 heteroatoms. The summed E-state index contributed by atoms with van der Waals surface area (Å²) in [5, 5.41) is 16.2. The van der Waals surface area contributed by atoms with Gasteiger partial charge in [-0.05, 0) is 36.8 Å². The maximum Gasteiger partial charge on any atom is 0.186 e. The summed E-state index contributed by atoms with van der Waals surface area (Å²) >= 11 is 0. The number of allylic oxidation sites excluding steroid dienone is 2. The van der Waals surface area contributed by atoms with Crippen LogP contribution in [0.1, 0.15) is 36.8 Å². The molecular formula is C23H24N4O. The molecule has 2 aromatic rings. The second-order valence-corrected chi connectivity index (χ2v) is 6.80. The van der Waals surface area contributed by atoms with Gasteiger partial charge in [-0.3, -0.25) is 15.6 Å². The van der Waals surface area contributed by atoms with E-state index in [0.717, 1.165) is 24.0 Å². The molecule has 2 aromatic carbocycles. The van der Waals surface area contributed by atoms with Crippen LogP contribution in [0.25, 0.3) is 11.1 Å². The third kappa shape index (κ3) is 3.93. The van der Waals surface area contributed by atoms with E-state index in [2.05, 4.69) is 0 Å². The molecule has 0 bridgehead atoms. The van der Waals surface area contributed by atoms with Gasteiger partial charge in [-0.2, -0.15) is 0 Å². The van der Waals surface area contributed by atoms with E-state index in [4.69, 9.17) is 22.3 Å². The van der Waals surface area contributed by atoms with Crippen molar-refractivity contribution in [3.05, 3.63) is 82.9 Å². The SMILES string of the molecule is N=C(N)C(=C1CCCCC(=C(C(=N)N)c2ccccc2)C1=O)c1ccccc1. The van der Waals surface area contributed by atoms with E-state index in [-0.39, 0.29) is 17.5 Å². The highest BCUT2D eigenvalue weighted by Gasteiger charge is 2.27. The molecule has 1 aliphatic carbocycles. The van der Waals surface area contributed by atoms with Gasteiger partial charge in [0.1, 0.15) is 11.7 Å². The van der Waals surface area contributed by atoms with Crippen LogP contribution in [-0.2, 0) is 4.79 Å². The van der Waals surface area contributed by atoms with E-state index in [1.165, 1.54) is 0 Å². The number of hydrogen-bond acceptors (Lipinski definition) is 3. The molecule has 0 unspecified atom stereocenters. The van der Waals surface area contributed by atoms with Gasteiger partial charge >= 0.3 is 0 Å². The van der Waals surface area contributed by atoms with Crippen LogP contribution in [0.15, 0.2) is 71.8 Å². The number of rotatable bonds is 4. The van der Waals surface area contributed by atoms with Crippen molar-refractivity contribution >= 4 is 28.6 Å². The zero-order chi connectivity index (χ0) is 20.1. The first-order valence-corrected chi connectivity index (χ1v) is 9.31. The lowest BCUT2D eigenvalue weighted by Crippen LogP contribution is -2.21. The minimum absolute atomic E-state index is 0.125. The standard InChI is InChI=1S/C23H24N4O/c24-22(25)19(15-9-3-1-4-10-15)17-13-7-8-14-18(21(17)28)20(23(26)27)16-11-5-2-6-12-16/h1-6,9-12H,7-8,13-14H2,(H3,24,25)(H3,26,27). The lowest BCUT2D eigenvalue weighted by molar-refractivity contribution is -0.112. The number of nitrogens with one attached hydrogen (secondary N) is 2. The van der Waals surface area contributed by atoms with Gasteiger partial charge in [0.2, 0.25) is 0 Å². The second kappa shape index (κ2) is 8.48. The van der Waals surface area contributed by atoms with Crippen molar-refractivity contribution in [3.8, 4) is 0 Å². The number of Topliss-reactive ketones (excluding diaryl/α,β-unsaturated/α-hetero) is 1. The van der Waals surface area contributed by atoms with Gasteiger partial charge in [-0.1, -0.05) is 60.7 Å². The third-order valence-corrected chi connectivity index (χ3v) is 4.92. The zero-order valence-corrected chi connectivity index (χ0v) is 15.7. The summed E-state index contributed by atoms with van der Waals surface area (Å²) in [6.45, 7) is 0. The molecule has 28 heavy (non-hydrogen) atoms. The summed E-state index contributed by atoms with van der Waals surface area (Å²) in [7, 11) is 0. The number of carbonyl (C=O) groups excluding carboxylic acids is 1. The minimum atomic E-state index is -0.166. The zero-order valence-electron chi connectivity index (χ0n) is 15.7. The smallest absolute Gasteiger partial charge is 0.186 e. The maximum atomic E-state index is 13.6. The van der Waals surface area contributed by atoms with Crippen LogP contribution in [0, 0.1) is 10.8 Å². The fourth-order valence-corrected chi connectivity index (χ4v) is 3.68. The van der Waals surface area contributed by atoms with Gasteiger partial charge in [-0.25, -0.2) is 0 Å². The average Bonchev–Trinajstić information content (AvgIpc) is 2.86. The topological polar surface area (TPSA) is 117 Å². The van der Waals surface area contributed by atoms with E-state index in [0.29, 0.717) is 35.1 Å². The number of benzene rings is 2. The number of nitrogens with two attached hydrogens (primary N) is 2. The van der Waals surface area contributed by atoms with Crippen LogP contribution in [0.5, 0.6) is 0 Å². The van der Waals surface area contributed by atoms with Crippen LogP contribution in [0.3, 0.4) is 0 Å². The average molecular weight is 372 g/mol. The lowest BCUT2D eigenvalue weighted by atomic mass is 9.88. The van der Waals surface area contributed by atoms with Crippen LogP contribution >= 0.6 is 0 Å². The van der Waals surface area contributed by atoms with Gasteiger partial charge in [0.25, 0.3) is 0 Å². The summed E-state index contributed by atoms with van der Waals surface area (Å²) in [6, 6.07) is 18.6. The molecule has 1 fully saturated rings. The Balaban J connectivity index is 2.24. The Morgan fingerprint density at radius 2 is 1.04 bits per heavy atom. The Kier molecular flexibility index (Phi) is 5.84. The van der Waals surface area contributed by atoms with Crippen LogP contribution in [-0.4, -0.2) is 17.5 Å². The van der Waals surface area contributed by atoms with Gasteiger partial charge in [0, 0.05) is 22.3 Å². The number of amidine groups is 2. The predicted octanol–water partition coefficient (Wildman–Crippen LogP) is 3.91. The molecule has 0 atom stereocenters. The molecule has 6 N–H and O–H groups in total. The number of ketones is 1. The molecule has 0 heterocycles. The molecular weight excluding hydrogens is 348 g/mol. The van der Waals surface area contributed by atoms with Gasteiger partial charge in [0.15, 0.2) is 5.78 Å². The van der Waals surface area contributed by atoms with Crippen molar-refractivity contribution in [1.82, 2.24) is 0 Å². The van der Waals surface area contributed by atoms with Crippen LogP contribution < -0.4 is 11.5 Å². The van der Waals surface area contributed by atoms with Gasteiger partial charge in [-0.15, -0.1) is 0 Å². The lowest BCUT2D eigenvalue weighted by Gasteiger charge is -2.16. The highest BCUT2D eigenvalue weighted by molar-refractivity contribution is 6.33. The van der Waals surface area contributed by atoms with Crippen molar-refractivity contribution in [2.24, 2.45) is 11.5 Å². The largest absolute Gasteiger partial charge is 0.384 e. The molecule has 142 valence electrons. The summed E-state index contributed by atoms with van der Waals surface area (Å²) in [5.74, 6) is -0.416. The number of hydrogen-bond donors (Lipinski definition) is 4. The van der Waals surface area contributed by atoms with E-state index in [1.54, 1.807) is 0 Å². The van der Waals surface area contributed by atoms with Crippen molar-refractivity contribution < 1.29 is 4.79 Å². The highest BCUT2D eigenvalue weighted by atomic mass is 16.1. The number of carbonyl (C=O) groups is 1. The minimum Gasteiger partial charge on any atom is -0.384 e. The van der Waals surface area contributed by atoms with E-state index in [1.807, 2.05) is 60.7 Å². The Labute approximate surface area is 164 Å². The van der Waals surface area contributed by atoms with Crippen molar-refractivity contribution in [1.29, 1.82) is 10.8 Å². The Morgan fingerprint density at radius 3 is 1.36 bits per heavy atom. The molecule has 3 rings (SSSR count). The Hall–Kier alpha value is -3.47. The Bertz CT molecular complexity index is 893. The molecule has 1 saturated carbocycles. The maximum absolute atomic E-state index is 13.6. The molecule has 5 nitrogen and oxygen atoms in total. The summed E-state index contributed by atoms with van der Waals surface area (Å²) in [4.78, 5) is 13.6. The van der Waals surface area contributed by atoms with Crippen LogP contribution in [0.4, 0.5) is 0 Å². The van der Waals surface area contributed by atoms with Crippen molar-refractivity contribution in [2.45, 2.75) is 25.7 Å². The van der Waals surface area contributed by atoms with E-state index >= 15 is 0 Å². The second-order valence-electron chi connectivity index (χ2n) is 6.80. The molecule has 0 radical (unpaired) electrons. The molecule has 1 aliphatic rings. The normalized spacial score (nSPS) is 18.2. The van der Waals surface area contributed by atoms with E-state index < -0.39 is 0 Å². The summed E-state index contributed by atoms with van der Waals surface area (Å²) in [5.41, 5.74) is 15.3. The molecule has 0 amide bonds. The van der Waals surface area contributed by atoms with E-state index in [9.17, 15) is 4.79 Å². The summed E-state index contributed by atoms with van der Waals surface area (Å²) < 4.78 is 0. The highest BCUT2D eigenvalue weighted by Crippen LogP contribution is 2.34. The first-order chi connectivity index (χ1) is 13.5. The first-order valence-electron chi connectivity index (χ1n) is 9.31. The third-order valence-electron chi connectivity index (χ3n) is 4.92. The van der Waals surface area contributed by atoms with Gasteiger partial charge in [0.05, 0.1) is 0 Å². The Morgan fingerprint density at radius 1 is 0.679 bits per heavy atom. The van der Waals surface area contributed by atoms with Crippen LogP contribution in [0.2, 0.25) is 0 Å². The molecule has 0 aromatic heterocycles. The van der Waals surface area contributed by atoms with Gasteiger partial charge < -0.3 is 11.5 Å². The predicted molar refractivity (Wildman–Crippen MR) is 114 cm³/mol. The summed E-state index contributed by atoms with van der Waals surface area (Å²) in [6.07, 6.45) is 2.72.